The third-order valence-corrected chi connectivity index (χ3v) is 3.59. The summed E-state index contributed by atoms with van der Waals surface area (Å²) in [6.07, 6.45) is 3.92. The standard InChI is InChI=1S/C14H20N2/c1-10-7-11(2)14(8-13(10)9-15)12-3-5-16-6-4-12/h7-9,12,15-16H,3-6H2,1-2H3. The van der Waals surface area contributed by atoms with Crippen molar-refractivity contribution < 1.29 is 0 Å². The lowest BCUT2D eigenvalue weighted by Gasteiger charge is -2.25. The first kappa shape index (κ1) is 11.3. The molecule has 16 heavy (non-hydrogen) atoms. The van der Waals surface area contributed by atoms with Gasteiger partial charge in [-0.2, -0.15) is 0 Å². The number of hydrogen-bond donors (Lipinski definition) is 2. The van der Waals surface area contributed by atoms with E-state index in [1.807, 2.05) is 0 Å². The molecule has 1 aromatic rings. The molecule has 1 saturated heterocycles. The van der Waals surface area contributed by atoms with Crippen molar-refractivity contribution in [2.75, 3.05) is 13.1 Å². The fraction of sp³-hybridized carbons (Fsp3) is 0.500. The topological polar surface area (TPSA) is 35.9 Å². The van der Waals surface area contributed by atoms with Crippen LogP contribution in [0.5, 0.6) is 0 Å². The molecule has 2 N–H and O–H groups in total. The summed E-state index contributed by atoms with van der Waals surface area (Å²) in [5.41, 5.74) is 5.12. The predicted octanol–water partition coefficient (Wildman–Crippen LogP) is 2.77. The second-order valence-electron chi connectivity index (χ2n) is 4.73. The fourth-order valence-corrected chi connectivity index (χ4v) is 2.61. The van der Waals surface area contributed by atoms with Crippen LogP contribution in [0.1, 0.15) is 41.0 Å². The Balaban J connectivity index is 2.35. The minimum absolute atomic E-state index is 0.681. The summed E-state index contributed by atoms with van der Waals surface area (Å²) in [6.45, 7) is 6.52. The summed E-state index contributed by atoms with van der Waals surface area (Å²) in [5.74, 6) is 0.681. The maximum absolute atomic E-state index is 7.43. The number of aryl methyl sites for hydroxylation is 2. The molecule has 0 spiro atoms. The second kappa shape index (κ2) is 4.79. The summed E-state index contributed by atoms with van der Waals surface area (Å²) < 4.78 is 0. The molecule has 1 aliphatic heterocycles. The first-order valence-corrected chi connectivity index (χ1v) is 6.04. The molecule has 0 atom stereocenters. The Morgan fingerprint density at radius 1 is 1.19 bits per heavy atom. The maximum Gasteiger partial charge on any atom is 0.0253 e. The molecule has 1 fully saturated rings. The van der Waals surface area contributed by atoms with Crippen molar-refractivity contribution in [1.82, 2.24) is 5.32 Å². The molecule has 2 rings (SSSR count). The molecule has 2 heteroatoms. The molecule has 0 bridgehead atoms. The van der Waals surface area contributed by atoms with E-state index in [-0.39, 0.29) is 0 Å². The fourth-order valence-electron chi connectivity index (χ4n) is 2.61. The molecular weight excluding hydrogens is 196 g/mol. The third-order valence-electron chi connectivity index (χ3n) is 3.59. The Morgan fingerprint density at radius 2 is 1.88 bits per heavy atom. The van der Waals surface area contributed by atoms with Crippen molar-refractivity contribution in [3.8, 4) is 0 Å². The van der Waals surface area contributed by atoms with Gasteiger partial charge in [0.25, 0.3) is 0 Å². The van der Waals surface area contributed by atoms with Gasteiger partial charge in [0.2, 0.25) is 0 Å². The molecule has 1 aromatic carbocycles. The van der Waals surface area contributed by atoms with Gasteiger partial charge in [-0.15, -0.1) is 0 Å². The van der Waals surface area contributed by atoms with Crippen LogP contribution in [-0.4, -0.2) is 19.3 Å². The van der Waals surface area contributed by atoms with Crippen LogP contribution in [-0.2, 0) is 0 Å². The van der Waals surface area contributed by atoms with Gasteiger partial charge < -0.3 is 10.7 Å². The number of benzene rings is 1. The van der Waals surface area contributed by atoms with Gasteiger partial charge in [0.05, 0.1) is 0 Å². The number of rotatable bonds is 2. The highest BCUT2D eigenvalue weighted by Crippen LogP contribution is 2.29. The van der Waals surface area contributed by atoms with E-state index in [0.717, 1.165) is 18.7 Å². The first-order chi connectivity index (χ1) is 7.72. The molecule has 86 valence electrons. The van der Waals surface area contributed by atoms with E-state index in [1.165, 1.54) is 35.7 Å². The lowest BCUT2D eigenvalue weighted by atomic mass is 9.85. The van der Waals surface area contributed by atoms with Crippen LogP contribution >= 0.6 is 0 Å². The number of hydrogen-bond acceptors (Lipinski definition) is 2. The quantitative estimate of drug-likeness (QED) is 0.733. The van der Waals surface area contributed by atoms with Crippen LogP contribution in [0.25, 0.3) is 0 Å². The predicted molar refractivity (Wildman–Crippen MR) is 68.6 cm³/mol. The smallest absolute Gasteiger partial charge is 0.0253 e. The van der Waals surface area contributed by atoms with E-state index in [4.69, 9.17) is 5.41 Å². The average Bonchev–Trinajstić information content (AvgIpc) is 2.30. The van der Waals surface area contributed by atoms with E-state index < -0.39 is 0 Å². The summed E-state index contributed by atoms with van der Waals surface area (Å²) in [6, 6.07) is 4.44. The first-order valence-electron chi connectivity index (χ1n) is 6.04. The monoisotopic (exact) mass is 216 g/mol. The highest BCUT2D eigenvalue weighted by atomic mass is 14.9. The molecule has 0 saturated carbocycles. The van der Waals surface area contributed by atoms with Gasteiger partial charge in [-0.1, -0.05) is 6.07 Å². The van der Waals surface area contributed by atoms with E-state index >= 15 is 0 Å². The van der Waals surface area contributed by atoms with Crippen molar-refractivity contribution >= 4 is 6.21 Å². The summed E-state index contributed by atoms with van der Waals surface area (Å²) in [5, 5.41) is 10.8. The summed E-state index contributed by atoms with van der Waals surface area (Å²) in [7, 11) is 0. The zero-order valence-electron chi connectivity index (χ0n) is 10.1. The Hall–Kier alpha value is -1.15. The largest absolute Gasteiger partial charge is 0.317 e. The molecule has 1 heterocycles. The van der Waals surface area contributed by atoms with Gasteiger partial charge >= 0.3 is 0 Å². The number of nitrogens with one attached hydrogen (secondary N) is 2. The Bertz CT molecular complexity index is 390. The summed E-state index contributed by atoms with van der Waals surface area (Å²) in [4.78, 5) is 0. The van der Waals surface area contributed by atoms with E-state index in [2.05, 4.69) is 31.3 Å². The van der Waals surface area contributed by atoms with Gasteiger partial charge in [0.1, 0.15) is 0 Å². The van der Waals surface area contributed by atoms with Gasteiger partial charge in [0, 0.05) is 6.21 Å². The van der Waals surface area contributed by atoms with Crippen LogP contribution in [0, 0.1) is 19.3 Å². The Morgan fingerprint density at radius 3 is 2.50 bits per heavy atom. The van der Waals surface area contributed by atoms with Crippen LogP contribution in [0.15, 0.2) is 12.1 Å². The molecule has 1 aliphatic rings. The zero-order valence-corrected chi connectivity index (χ0v) is 10.1. The lowest BCUT2D eigenvalue weighted by Crippen LogP contribution is -2.27. The average molecular weight is 216 g/mol. The van der Waals surface area contributed by atoms with E-state index in [1.54, 1.807) is 0 Å². The molecule has 0 amide bonds. The normalized spacial score (nSPS) is 17.4. The zero-order chi connectivity index (χ0) is 11.5. The van der Waals surface area contributed by atoms with Crippen molar-refractivity contribution in [3.63, 3.8) is 0 Å². The maximum atomic E-state index is 7.43. The molecule has 2 nitrogen and oxygen atoms in total. The van der Waals surface area contributed by atoms with E-state index in [9.17, 15) is 0 Å². The van der Waals surface area contributed by atoms with Crippen LogP contribution < -0.4 is 5.32 Å². The molecule has 0 aliphatic carbocycles. The van der Waals surface area contributed by atoms with Gasteiger partial charge in [-0.25, -0.2) is 0 Å². The molecule has 0 unspecified atom stereocenters. The van der Waals surface area contributed by atoms with Crippen LogP contribution in [0.2, 0.25) is 0 Å². The van der Waals surface area contributed by atoms with Crippen molar-refractivity contribution in [3.05, 3.63) is 34.4 Å². The Kier molecular flexibility index (Phi) is 3.39. The molecular formula is C14H20N2. The van der Waals surface area contributed by atoms with Crippen molar-refractivity contribution in [2.24, 2.45) is 0 Å². The van der Waals surface area contributed by atoms with Crippen LogP contribution in [0.3, 0.4) is 0 Å². The molecule has 0 radical (unpaired) electrons. The summed E-state index contributed by atoms with van der Waals surface area (Å²) >= 11 is 0. The van der Waals surface area contributed by atoms with Gasteiger partial charge in [-0.05, 0) is 74.0 Å². The third kappa shape index (κ3) is 2.17. The van der Waals surface area contributed by atoms with Crippen molar-refractivity contribution in [1.29, 1.82) is 5.41 Å². The lowest BCUT2D eigenvalue weighted by molar-refractivity contribution is 0.459. The Labute approximate surface area is 97.6 Å². The van der Waals surface area contributed by atoms with E-state index in [0.29, 0.717) is 5.92 Å². The van der Waals surface area contributed by atoms with Gasteiger partial charge in [-0.3, -0.25) is 0 Å². The number of piperidine rings is 1. The SMILES string of the molecule is Cc1cc(C)c(C2CCNCC2)cc1C=N. The highest BCUT2D eigenvalue weighted by Gasteiger charge is 2.17. The van der Waals surface area contributed by atoms with Crippen molar-refractivity contribution in [2.45, 2.75) is 32.6 Å². The minimum Gasteiger partial charge on any atom is -0.317 e. The highest BCUT2D eigenvalue weighted by molar-refractivity contribution is 5.79. The second-order valence-corrected chi connectivity index (χ2v) is 4.73. The van der Waals surface area contributed by atoms with Gasteiger partial charge in [0.15, 0.2) is 0 Å². The van der Waals surface area contributed by atoms with Crippen LogP contribution in [0.4, 0.5) is 0 Å². The molecule has 0 aromatic heterocycles. The minimum atomic E-state index is 0.681.